The van der Waals surface area contributed by atoms with E-state index < -0.39 is 28.5 Å². The lowest BCUT2D eigenvalue weighted by atomic mass is 10.2. The highest BCUT2D eigenvalue weighted by Crippen LogP contribution is 2.22. The van der Waals surface area contributed by atoms with E-state index in [1.54, 1.807) is 25.1 Å². The molecule has 3 N–H and O–H groups in total. The first-order chi connectivity index (χ1) is 18.3. The second kappa shape index (κ2) is 10.2. The summed E-state index contributed by atoms with van der Waals surface area (Å²) >= 11 is 0. The Balaban J connectivity index is 1.17. The Hall–Kier alpha value is -4.97. The van der Waals surface area contributed by atoms with Crippen molar-refractivity contribution in [2.75, 3.05) is 16.6 Å². The first-order valence-electron chi connectivity index (χ1n) is 11.4. The van der Waals surface area contributed by atoms with E-state index >= 15 is 0 Å². The molecule has 192 valence electrons. The van der Waals surface area contributed by atoms with Gasteiger partial charge in [-0.05, 0) is 49.4 Å². The van der Waals surface area contributed by atoms with Crippen LogP contribution in [-0.2, 0) is 19.6 Å². The second-order valence-electron chi connectivity index (χ2n) is 8.26. The number of hydrogen-bond donors (Lipinski definition) is 3. The molecular weight excluding hydrogens is 510 g/mol. The molecule has 3 aromatic carbocycles. The van der Waals surface area contributed by atoms with Crippen molar-refractivity contribution >= 4 is 44.4 Å². The molecule has 0 bridgehead atoms. The molecule has 2 aromatic heterocycles. The van der Waals surface area contributed by atoms with Crippen LogP contribution >= 0.6 is 0 Å². The van der Waals surface area contributed by atoms with Crippen LogP contribution in [0.4, 0.5) is 11.5 Å². The van der Waals surface area contributed by atoms with Gasteiger partial charge in [-0.1, -0.05) is 35.5 Å². The number of ether oxygens (including phenoxy) is 1. The smallest absolute Gasteiger partial charge is 0.338 e. The van der Waals surface area contributed by atoms with Crippen LogP contribution in [0.2, 0.25) is 0 Å². The van der Waals surface area contributed by atoms with Gasteiger partial charge in [-0.25, -0.2) is 18.2 Å². The van der Waals surface area contributed by atoms with Crippen LogP contribution in [0.3, 0.4) is 0 Å². The van der Waals surface area contributed by atoms with Crippen LogP contribution in [0.15, 0.2) is 88.3 Å². The maximum Gasteiger partial charge on any atom is 0.338 e. The van der Waals surface area contributed by atoms with E-state index in [9.17, 15) is 18.0 Å². The third-order valence-electron chi connectivity index (χ3n) is 5.41. The van der Waals surface area contributed by atoms with Crippen molar-refractivity contribution in [1.82, 2.24) is 15.1 Å². The number of sulfonamides is 1. The van der Waals surface area contributed by atoms with E-state index in [0.717, 1.165) is 5.56 Å². The lowest BCUT2D eigenvalue weighted by Crippen LogP contribution is -2.21. The highest BCUT2D eigenvalue weighted by Gasteiger charge is 2.17. The molecule has 12 heteroatoms. The number of hydrogen-bond acceptors (Lipinski definition) is 8. The van der Waals surface area contributed by atoms with Crippen LogP contribution in [-0.4, -0.2) is 42.0 Å². The maximum absolute atomic E-state index is 12.5. The van der Waals surface area contributed by atoms with Crippen LogP contribution < -0.4 is 10.0 Å². The standard InChI is InChI=1S/C26H21N5O6S/c1-16-13-23(30-37-16)31-38(34,35)20-10-8-19(9-11-20)27-24(32)15-36-26(33)18-7-12-21-22(14-18)29-25(28-21)17-5-3-2-4-6-17/h2-14H,15H2,1H3,(H,27,32)(H,28,29)(H,30,31). The van der Waals surface area contributed by atoms with E-state index in [2.05, 4.69) is 25.2 Å². The lowest BCUT2D eigenvalue weighted by Gasteiger charge is -2.08. The van der Waals surface area contributed by atoms with Gasteiger partial charge < -0.3 is 19.6 Å². The third kappa shape index (κ3) is 5.55. The van der Waals surface area contributed by atoms with Crippen molar-refractivity contribution in [1.29, 1.82) is 0 Å². The zero-order valence-corrected chi connectivity index (χ0v) is 20.8. The number of aryl methyl sites for hydroxylation is 1. The van der Waals surface area contributed by atoms with Crippen molar-refractivity contribution in [2.24, 2.45) is 0 Å². The molecule has 38 heavy (non-hydrogen) atoms. The van der Waals surface area contributed by atoms with Crippen molar-refractivity contribution in [3.8, 4) is 11.4 Å². The Bertz CT molecular complexity index is 1730. The fraction of sp³-hybridized carbons (Fsp3) is 0.0769. The molecule has 0 spiro atoms. The highest BCUT2D eigenvalue weighted by atomic mass is 32.2. The summed E-state index contributed by atoms with van der Waals surface area (Å²) in [5.41, 5.74) is 2.85. The quantitative estimate of drug-likeness (QED) is 0.252. The van der Waals surface area contributed by atoms with Crippen molar-refractivity contribution in [3.63, 3.8) is 0 Å². The minimum atomic E-state index is -3.89. The number of fused-ring (bicyclic) bond motifs is 1. The van der Waals surface area contributed by atoms with Crippen LogP contribution in [0.25, 0.3) is 22.4 Å². The number of anilines is 2. The molecule has 0 aliphatic rings. The number of carbonyl (C=O) groups is 2. The van der Waals surface area contributed by atoms with Gasteiger partial charge in [0.05, 0.1) is 21.5 Å². The average molecular weight is 532 g/mol. The largest absolute Gasteiger partial charge is 0.452 e. The number of aromatic nitrogens is 3. The van der Waals surface area contributed by atoms with Crippen molar-refractivity contribution in [3.05, 3.63) is 90.2 Å². The molecule has 0 saturated carbocycles. The van der Waals surface area contributed by atoms with E-state index in [1.807, 2.05) is 30.3 Å². The molecule has 2 heterocycles. The van der Waals surface area contributed by atoms with E-state index in [4.69, 9.17) is 9.26 Å². The Labute approximate surface area is 216 Å². The topological polar surface area (TPSA) is 156 Å². The van der Waals surface area contributed by atoms with Gasteiger partial charge in [0, 0.05) is 17.3 Å². The Morgan fingerprint density at radius 2 is 1.76 bits per heavy atom. The van der Waals surface area contributed by atoms with Crippen molar-refractivity contribution < 1.29 is 27.3 Å². The summed E-state index contributed by atoms with van der Waals surface area (Å²) in [6.45, 7) is 1.11. The van der Waals surface area contributed by atoms with Crippen LogP contribution in [0.1, 0.15) is 16.1 Å². The fourth-order valence-electron chi connectivity index (χ4n) is 3.61. The monoisotopic (exact) mass is 531 g/mol. The molecular formula is C26H21N5O6S. The number of imidazole rings is 1. The Morgan fingerprint density at radius 3 is 2.47 bits per heavy atom. The number of H-pyrrole nitrogens is 1. The number of nitrogens with zero attached hydrogens (tertiary/aromatic N) is 2. The van der Waals surface area contributed by atoms with Gasteiger partial charge in [0.25, 0.3) is 15.9 Å². The number of carbonyl (C=O) groups excluding carboxylic acids is 2. The molecule has 0 fully saturated rings. The minimum absolute atomic E-state index is 0.0350. The number of esters is 1. The molecule has 5 aromatic rings. The molecule has 5 rings (SSSR count). The second-order valence-corrected chi connectivity index (χ2v) is 9.94. The van der Waals surface area contributed by atoms with E-state index in [1.165, 1.54) is 30.3 Å². The Morgan fingerprint density at radius 1 is 1.00 bits per heavy atom. The SMILES string of the molecule is Cc1cc(NS(=O)(=O)c2ccc(NC(=O)COC(=O)c3ccc4nc(-c5ccccc5)[nH]c4c3)cc2)no1. The average Bonchev–Trinajstić information content (AvgIpc) is 3.53. The van der Waals surface area contributed by atoms with Crippen LogP contribution in [0, 0.1) is 6.92 Å². The van der Waals surface area contributed by atoms with Gasteiger partial charge in [0.1, 0.15) is 11.6 Å². The number of benzene rings is 3. The molecule has 0 aliphatic carbocycles. The third-order valence-corrected chi connectivity index (χ3v) is 6.79. The zero-order valence-electron chi connectivity index (χ0n) is 20.0. The van der Waals surface area contributed by atoms with Gasteiger partial charge >= 0.3 is 5.97 Å². The van der Waals surface area contributed by atoms with E-state index in [-0.39, 0.29) is 16.3 Å². The predicted molar refractivity (Wildman–Crippen MR) is 139 cm³/mol. The summed E-state index contributed by atoms with van der Waals surface area (Å²) in [5, 5.41) is 6.16. The summed E-state index contributed by atoms with van der Waals surface area (Å²) < 4.78 is 37.2. The normalized spacial score (nSPS) is 11.3. The summed E-state index contributed by atoms with van der Waals surface area (Å²) in [6, 6.07) is 21.4. The lowest BCUT2D eigenvalue weighted by molar-refractivity contribution is -0.119. The maximum atomic E-state index is 12.5. The van der Waals surface area contributed by atoms with Gasteiger partial charge in [0.2, 0.25) is 0 Å². The van der Waals surface area contributed by atoms with Gasteiger partial charge in [-0.2, -0.15) is 0 Å². The number of nitrogens with one attached hydrogen (secondary N) is 3. The highest BCUT2D eigenvalue weighted by molar-refractivity contribution is 7.92. The van der Waals surface area contributed by atoms with Gasteiger partial charge in [-0.3, -0.25) is 9.52 Å². The first kappa shape index (κ1) is 24.7. The first-order valence-corrected chi connectivity index (χ1v) is 12.8. The zero-order chi connectivity index (χ0) is 26.7. The van der Waals surface area contributed by atoms with Crippen LogP contribution in [0.5, 0.6) is 0 Å². The predicted octanol–water partition coefficient (Wildman–Crippen LogP) is 4.12. The number of aromatic amines is 1. The molecule has 0 unspecified atom stereocenters. The minimum Gasteiger partial charge on any atom is -0.452 e. The summed E-state index contributed by atoms with van der Waals surface area (Å²) in [5.74, 6) is -0.0634. The van der Waals surface area contributed by atoms with E-state index in [0.29, 0.717) is 28.3 Å². The molecule has 0 aliphatic heterocycles. The molecule has 0 saturated heterocycles. The number of rotatable bonds is 8. The summed E-state index contributed by atoms with van der Waals surface area (Å²) in [7, 11) is -3.89. The summed E-state index contributed by atoms with van der Waals surface area (Å²) in [6.07, 6.45) is 0. The molecule has 11 nitrogen and oxygen atoms in total. The molecule has 0 radical (unpaired) electrons. The van der Waals surface area contributed by atoms with Gasteiger partial charge in [0.15, 0.2) is 12.4 Å². The Kier molecular flexibility index (Phi) is 6.62. The number of amides is 1. The van der Waals surface area contributed by atoms with Crippen molar-refractivity contribution in [2.45, 2.75) is 11.8 Å². The summed E-state index contributed by atoms with van der Waals surface area (Å²) in [4.78, 5) is 32.5. The fourth-order valence-corrected chi connectivity index (χ4v) is 4.59. The molecule has 0 atom stereocenters. The van der Waals surface area contributed by atoms with Gasteiger partial charge in [-0.15, -0.1) is 0 Å². The molecule has 1 amide bonds.